The molecule has 3 aromatic carbocycles. The molecule has 1 N–H and O–H groups in total. The van der Waals surface area contributed by atoms with Gasteiger partial charge in [0.1, 0.15) is 6.61 Å². The van der Waals surface area contributed by atoms with Gasteiger partial charge in [0.15, 0.2) is 16.7 Å². The zero-order chi connectivity index (χ0) is 24.9. The van der Waals surface area contributed by atoms with Gasteiger partial charge in [0, 0.05) is 0 Å². The van der Waals surface area contributed by atoms with Crippen molar-refractivity contribution in [3.63, 3.8) is 0 Å². The molecule has 0 unspecified atom stereocenters. The molecule has 4 rings (SSSR count). The Balaban J connectivity index is 1.57. The monoisotopic (exact) mass is 638 g/mol. The van der Waals surface area contributed by atoms with Gasteiger partial charge in [0.05, 0.1) is 30.8 Å². The number of aryl methyl sites for hydroxylation is 1. The van der Waals surface area contributed by atoms with Crippen LogP contribution in [0, 0.1) is 10.5 Å². The molecule has 3 aromatic rings. The number of aliphatic imine (C=N–C) groups is 1. The number of halogens is 3. The average molecular weight is 639 g/mol. The Bertz CT molecular complexity index is 1340. The van der Waals surface area contributed by atoms with Gasteiger partial charge in [-0.2, -0.15) is 0 Å². The summed E-state index contributed by atoms with van der Waals surface area (Å²) in [6, 6.07) is 17.2. The van der Waals surface area contributed by atoms with Gasteiger partial charge in [-0.05, 0) is 89.7 Å². The van der Waals surface area contributed by atoms with Crippen LogP contribution in [0.1, 0.15) is 23.6 Å². The predicted octanol–water partition coefficient (Wildman–Crippen LogP) is 7.78. The number of carbonyl (C=O) groups excluding carboxylic acids is 1. The van der Waals surface area contributed by atoms with E-state index < -0.39 is 0 Å². The van der Waals surface area contributed by atoms with Crippen molar-refractivity contribution in [1.82, 2.24) is 5.32 Å². The van der Waals surface area contributed by atoms with Gasteiger partial charge in [-0.15, -0.1) is 0 Å². The first-order valence-corrected chi connectivity index (χ1v) is 13.4. The van der Waals surface area contributed by atoms with Crippen LogP contribution in [0.2, 0.25) is 10.0 Å². The van der Waals surface area contributed by atoms with Crippen LogP contribution >= 0.6 is 57.6 Å². The van der Waals surface area contributed by atoms with Crippen LogP contribution in [0.3, 0.4) is 0 Å². The second-order valence-electron chi connectivity index (χ2n) is 7.60. The van der Waals surface area contributed by atoms with Gasteiger partial charge in [0.2, 0.25) is 0 Å². The van der Waals surface area contributed by atoms with Gasteiger partial charge in [-0.3, -0.25) is 4.79 Å². The fourth-order valence-corrected chi connectivity index (χ4v) is 5.31. The maximum atomic E-state index is 12.6. The quantitative estimate of drug-likeness (QED) is 0.212. The molecular formula is C26H21Cl2IN2O3S. The van der Waals surface area contributed by atoms with Gasteiger partial charge in [-0.1, -0.05) is 59.1 Å². The van der Waals surface area contributed by atoms with Crippen molar-refractivity contribution in [2.24, 2.45) is 4.99 Å². The standard InChI is InChI=1S/C26H21Cl2IN2O3S/c1-3-33-21-12-17(11-19(29)24(21)34-14-16-7-4-6-15(2)10-16)13-22-25(32)31-26(35-22)30-20-9-5-8-18(27)23(20)28/h4-13H,3,14H2,1-2H3,(H,30,31,32)/b22-13+. The molecule has 1 amide bonds. The highest BCUT2D eigenvalue weighted by atomic mass is 127. The summed E-state index contributed by atoms with van der Waals surface area (Å²) in [6.45, 7) is 4.90. The topological polar surface area (TPSA) is 59.9 Å². The Morgan fingerprint density at radius 1 is 1.11 bits per heavy atom. The first-order valence-electron chi connectivity index (χ1n) is 10.7. The molecule has 1 aliphatic heterocycles. The maximum absolute atomic E-state index is 12.6. The van der Waals surface area contributed by atoms with Crippen LogP contribution < -0.4 is 14.8 Å². The van der Waals surface area contributed by atoms with Crippen molar-refractivity contribution < 1.29 is 14.3 Å². The predicted molar refractivity (Wildman–Crippen MR) is 153 cm³/mol. The minimum Gasteiger partial charge on any atom is -0.490 e. The zero-order valence-corrected chi connectivity index (χ0v) is 23.4. The van der Waals surface area contributed by atoms with E-state index in [1.54, 1.807) is 24.3 Å². The minimum absolute atomic E-state index is 0.236. The number of benzene rings is 3. The molecule has 0 spiro atoms. The summed E-state index contributed by atoms with van der Waals surface area (Å²) >= 11 is 15.8. The Kier molecular flexibility index (Phi) is 8.64. The lowest BCUT2D eigenvalue weighted by Gasteiger charge is -2.15. The summed E-state index contributed by atoms with van der Waals surface area (Å²) < 4.78 is 12.9. The third kappa shape index (κ3) is 6.52. The van der Waals surface area contributed by atoms with Crippen LogP contribution in [0.5, 0.6) is 11.5 Å². The Morgan fingerprint density at radius 2 is 1.91 bits per heavy atom. The number of ether oxygens (including phenoxy) is 2. The molecule has 0 radical (unpaired) electrons. The van der Waals surface area contributed by atoms with Crippen molar-refractivity contribution in [1.29, 1.82) is 0 Å². The van der Waals surface area contributed by atoms with E-state index in [0.717, 1.165) is 14.7 Å². The highest BCUT2D eigenvalue weighted by Crippen LogP contribution is 2.38. The number of hydrogen-bond donors (Lipinski definition) is 1. The third-order valence-corrected chi connectivity index (χ3v) is 7.42. The number of thioether (sulfide) groups is 1. The lowest BCUT2D eigenvalue weighted by atomic mass is 10.1. The molecule has 35 heavy (non-hydrogen) atoms. The van der Waals surface area contributed by atoms with Crippen molar-refractivity contribution in [2.75, 3.05) is 6.61 Å². The maximum Gasteiger partial charge on any atom is 0.264 e. The van der Waals surface area contributed by atoms with Crippen molar-refractivity contribution in [3.8, 4) is 11.5 Å². The number of carbonyl (C=O) groups is 1. The SMILES string of the molecule is CCOc1cc(/C=C2/SC(=Nc3cccc(Cl)c3Cl)NC2=O)cc(I)c1OCc1cccc(C)c1. The third-order valence-electron chi connectivity index (χ3n) is 4.90. The number of amidine groups is 1. The summed E-state index contributed by atoms with van der Waals surface area (Å²) in [4.78, 5) is 17.5. The normalized spacial score (nSPS) is 15.5. The number of rotatable bonds is 7. The van der Waals surface area contributed by atoms with Crippen molar-refractivity contribution in [2.45, 2.75) is 20.5 Å². The highest BCUT2D eigenvalue weighted by Gasteiger charge is 2.25. The molecule has 0 bridgehead atoms. The van der Waals surface area contributed by atoms with E-state index in [9.17, 15) is 4.79 Å². The highest BCUT2D eigenvalue weighted by molar-refractivity contribution is 14.1. The second-order valence-corrected chi connectivity index (χ2v) is 10.6. The van der Waals surface area contributed by atoms with E-state index in [1.807, 2.05) is 31.2 Å². The summed E-state index contributed by atoms with van der Waals surface area (Å²) in [5.41, 5.74) is 3.58. The van der Waals surface area contributed by atoms with E-state index in [2.05, 4.69) is 52.0 Å². The average Bonchev–Trinajstić information content (AvgIpc) is 3.15. The molecule has 5 nitrogen and oxygen atoms in total. The molecule has 0 saturated carbocycles. The Labute approximate surface area is 232 Å². The largest absolute Gasteiger partial charge is 0.490 e. The number of nitrogens with zero attached hydrogens (tertiary/aromatic N) is 1. The van der Waals surface area contributed by atoms with Gasteiger partial charge in [0.25, 0.3) is 5.91 Å². The fraction of sp³-hybridized carbons (Fsp3) is 0.154. The van der Waals surface area contributed by atoms with Crippen LogP contribution in [0.25, 0.3) is 6.08 Å². The molecule has 0 aliphatic carbocycles. The molecule has 0 aromatic heterocycles. The molecule has 1 fully saturated rings. The lowest BCUT2D eigenvalue weighted by molar-refractivity contribution is -0.115. The Hall–Kier alpha value is -2.20. The van der Waals surface area contributed by atoms with Gasteiger partial charge in [-0.25, -0.2) is 4.99 Å². The first kappa shape index (κ1) is 25.9. The minimum atomic E-state index is -0.236. The van der Waals surface area contributed by atoms with E-state index >= 15 is 0 Å². The zero-order valence-electron chi connectivity index (χ0n) is 18.9. The smallest absolute Gasteiger partial charge is 0.264 e. The number of amides is 1. The van der Waals surface area contributed by atoms with Crippen LogP contribution in [-0.2, 0) is 11.4 Å². The van der Waals surface area contributed by atoms with Gasteiger partial charge >= 0.3 is 0 Å². The number of nitrogens with one attached hydrogen (secondary N) is 1. The van der Waals surface area contributed by atoms with E-state index in [4.69, 9.17) is 32.7 Å². The molecule has 180 valence electrons. The molecule has 1 heterocycles. The summed E-state index contributed by atoms with van der Waals surface area (Å²) in [7, 11) is 0. The summed E-state index contributed by atoms with van der Waals surface area (Å²) in [5, 5.41) is 3.95. The molecule has 0 atom stereocenters. The van der Waals surface area contributed by atoms with Crippen LogP contribution in [-0.4, -0.2) is 17.7 Å². The summed E-state index contributed by atoms with van der Waals surface area (Å²) in [5.74, 6) is 1.07. The molecular weight excluding hydrogens is 618 g/mol. The first-order chi connectivity index (χ1) is 16.8. The van der Waals surface area contributed by atoms with E-state index in [1.165, 1.54) is 17.3 Å². The van der Waals surface area contributed by atoms with Crippen molar-refractivity contribution in [3.05, 3.63) is 89.8 Å². The van der Waals surface area contributed by atoms with Crippen LogP contribution in [0.15, 0.2) is 64.5 Å². The molecule has 1 saturated heterocycles. The molecule has 1 aliphatic rings. The summed E-state index contributed by atoms with van der Waals surface area (Å²) in [6.07, 6.45) is 1.80. The van der Waals surface area contributed by atoms with Crippen LogP contribution in [0.4, 0.5) is 5.69 Å². The van der Waals surface area contributed by atoms with E-state index in [-0.39, 0.29) is 5.91 Å². The lowest BCUT2D eigenvalue weighted by Crippen LogP contribution is -2.19. The second kappa shape index (κ2) is 11.7. The van der Waals surface area contributed by atoms with Gasteiger partial charge < -0.3 is 14.8 Å². The Morgan fingerprint density at radius 3 is 2.69 bits per heavy atom. The number of hydrogen-bond acceptors (Lipinski definition) is 5. The van der Waals surface area contributed by atoms with E-state index in [0.29, 0.717) is 50.5 Å². The fourth-order valence-electron chi connectivity index (χ4n) is 3.35. The molecule has 9 heteroatoms. The van der Waals surface area contributed by atoms with Crippen molar-refractivity contribution >= 4 is 80.4 Å².